The van der Waals surface area contributed by atoms with Crippen molar-refractivity contribution in [3.8, 4) is 5.69 Å². The quantitative estimate of drug-likeness (QED) is 0.727. The van der Waals surface area contributed by atoms with Crippen LogP contribution >= 0.6 is 11.6 Å². The number of nitrogens with zero attached hydrogens (tertiary/aromatic N) is 2. The third-order valence-corrected chi connectivity index (χ3v) is 3.00. The Kier molecular flexibility index (Phi) is 3.01. The van der Waals surface area contributed by atoms with Crippen molar-refractivity contribution in [2.24, 2.45) is 0 Å². The summed E-state index contributed by atoms with van der Waals surface area (Å²) in [6.45, 7) is 6.25. The smallest absolute Gasteiger partial charge is 0.0779 e. The molecule has 0 radical (unpaired) electrons. The first-order valence-electron chi connectivity index (χ1n) is 5.31. The predicted molar refractivity (Wildman–Crippen MR) is 67.3 cm³/mol. The minimum atomic E-state index is 0.457. The second kappa shape index (κ2) is 4.30. The van der Waals surface area contributed by atoms with Crippen LogP contribution in [-0.2, 0) is 5.88 Å². The number of halogens is 1. The summed E-state index contributed by atoms with van der Waals surface area (Å²) in [6, 6.07) is 8.29. The highest BCUT2D eigenvalue weighted by Crippen LogP contribution is 2.20. The standard InChI is InChI=1S/C13H15ClN2/c1-9-5-4-6-10(2)13(9)16-11(3)7-12(8-14)15-16/h4-7H,8H2,1-3H3. The molecule has 2 nitrogen and oxygen atoms in total. The van der Waals surface area contributed by atoms with Crippen molar-refractivity contribution in [1.82, 2.24) is 9.78 Å². The molecule has 0 atom stereocenters. The van der Waals surface area contributed by atoms with Gasteiger partial charge >= 0.3 is 0 Å². The maximum absolute atomic E-state index is 5.80. The second-order valence-electron chi connectivity index (χ2n) is 4.06. The van der Waals surface area contributed by atoms with Gasteiger partial charge in [-0.25, -0.2) is 4.68 Å². The summed E-state index contributed by atoms with van der Waals surface area (Å²) in [7, 11) is 0. The summed E-state index contributed by atoms with van der Waals surface area (Å²) in [4.78, 5) is 0. The molecule has 1 aromatic carbocycles. The van der Waals surface area contributed by atoms with Crippen LogP contribution in [0, 0.1) is 20.8 Å². The first-order valence-corrected chi connectivity index (χ1v) is 5.85. The van der Waals surface area contributed by atoms with Crippen LogP contribution in [0.4, 0.5) is 0 Å². The van der Waals surface area contributed by atoms with Crippen LogP contribution in [0.25, 0.3) is 5.69 Å². The first kappa shape index (κ1) is 11.2. The first-order chi connectivity index (χ1) is 7.63. The molecule has 2 rings (SSSR count). The fraction of sp³-hybridized carbons (Fsp3) is 0.308. The Balaban J connectivity index is 2.62. The fourth-order valence-corrected chi connectivity index (χ4v) is 2.10. The van der Waals surface area contributed by atoms with E-state index in [1.54, 1.807) is 0 Å². The summed E-state index contributed by atoms with van der Waals surface area (Å²) < 4.78 is 1.97. The van der Waals surface area contributed by atoms with E-state index in [2.05, 4.69) is 44.1 Å². The number of para-hydroxylation sites is 1. The van der Waals surface area contributed by atoms with Crippen molar-refractivity contribution in [2.45, 2.75) is 26.7 Å². The summed E-state index contributed by atoms with van der Waals surface area (Å²) >= 11 is 5.80. The van der Waals surface area contributed by atoms with Gasteiger partial charge in [0.1, 0.15) is 0 Å². The highest BCUT2D eigenvalue weighted by Gasteiger charge is 2.09. The lowest BCUT2D eigenvalue weighted by molar-refractivity contribution is 0.818. The number of alkyl halides is 1. The van der Waals surface area contributed by atoms with Crippen LogP contribution in [0.1, 0.15) is 22.5 Å². The monoisotopic (exact) mass is 234 g/mol. The maximum atomic E-state index is 5.80. The zero-order chi connectivity index (χ0) is 11.7. The van der Waals surface area contributed by atoms with E-state index in [1.165, 1.54) is 11.1 Å². The van der Waals surface area contributed by atoms with E-state index in [4.69, 9.17) is 11.6 Å². The van der Waals surface area contributed by atoms with E-state index in [1.807, 2.05) is 10.7 Å². The van der Waals surface area contributed by atoms with Gasteiger partial charge in [-0.05, 0) is 38.0 Å². The summed E-state index contributed by atoms with van der Waals surface area (Å²) in [5.41, 5.74) is 5.66. The average molecular weight is 235 g/mol. The van der Waals surface area contributed by atoms with E-state index in [0.717, 1.165) is 17.1 Å². The third kappa shape index (κ3) is 1.85. The Hall–Kier alpha value is -1.28. The Labute approximate surface area is 101 Å². The molecule has 0 N–H and O–H groups in total. The van der Waals surface area contributed by atoms with Crippen LogP contribution in [0.2, 0.25) is 0 Å². The lowest BCUT2D eigenvalue weighted by Gasteiger charge is -2.11. The molecule has 0 bridgehead atoms. The normalized spacial score (nSPS) is 10.8. The zero-order valence-corrected chi connectivity index (χ0v) is 10.5. The minimum absolute atomic E-state index is 0.457. The van der Waals surface area contributed by atoms with Crippen molar-refractivity contribution in [1.29, 1.82) is 0 Å². The van der Waals surface area contributed by atoms with Gasteiger partial charge in [-0.2, -0.15) is 5.10 Å². The van der Waals surface area contributed by atoms with Crippen LogP contribution < -0.4 is 0 Å². The molecule has 0 amide bonds. The van der Waals surface area contributed by atoms with Crippen molar-refractivity contribution in [2.75, 3.05) is 0 Å². The molecule has 0 aliphatic rings. The molecule has 84 valence electrons. The highest BCUT2D eigenvalue weighted by molar-refractivity contribution is 6.16. The second-order valence-corrected chi connectivity index (χ2v) is 4.33. The van der Waals surface area contributed by atoms with Crippen molar-refractivity contribution >= 4 is 11.6 Å². The van der Waals surface area contributed by atoms with E-state index in [-0.39, 0.29) is 0 Å². The summed E-state index contributed by atoms with van der Waals surface area (Å²) in [6.07, 6.45) is 0. The van der Waals surface area contributed by atoms with Gasteiger partial charge in [0, 0.05) is 5.69 Å². The molecule has 1 heterocycles. The number of aromatic nitrogens is 2. The number of benzene rings is 1. The fourth-order valence-electron chi connectivity index (χ4n) is 1.97. The lowest BCUT2D eigenvalue weighted by Crippen LogP contribution is -2.04. The molecule has 2 aromatic rings. The molecular formula is C13H15ClN2. The lowest BCUT2D eigenvalue weighted by atomic mass is 10.1. The van der Waals surface area contributed by atoms with Crippen molar-refractivity contribution in [3.05, 3.63) is 46.8 Å². The Bertz CT molecular complexity index is 494. The Morgan fingerprint density at radius 2 is 1.81 bits per heavy atom. The van der Waals surface area contributed by atoms with Crippen LogP contribution in [0.15, 0.2) is 24.3 Å². The molecule has 0 aliphatic heterocycles. The van der Waals surface area contributed by atoms with Crippen LogP contribution in [-0.4, -0.2) is 9.78 Å². The number of aryl methyl sites for hydroxylation is 3. The van der Waals surface area contributed by atoms with Gasteiger partial charge in [-0.1, -0.05) is 18.2 Å². The molecule has 0 unspecified atom stereocenters. The molecule has 0 saturated carbocycles. The highest BCUT2D eigenvalue weighted by atomic mass is 35.5. The molecule has 16 heavy (non-hydrogen) atoms. The summed E-state index contributed by atoms with van der Waals surface area (Å²) in [5.74, 6) is 0.457. The van der Waals surface area contributed by atoms with E-state index < -0.39 is 0 Å². The maximum Gasteiger partial charge on any atom is 0.0779 e. The van der Waals surface area contributed by atoms with Gasteiger partial charge in [0.05, 0.1) is 17.3 Å². The zero-order valence-electron chi connectivity index (χ0n) is 9.79. The molecule has 0 fully saturated rings. The SMILES string of the molecule is Cc1cccc(C)c1-n1nc(CCl)cc1C. The Morgan fingerprint density at radius 3 is 2.31 bits per heavy atom. The summed E-state index contributed by atoms with van der Waals surface area (Å²) in [5, 5.41) is 4.50. The van der Waals surface area contributed by atoms with Gasteiger partial charge in [-0.15, -0.1) is 11.6 Å². The number of rotatable bonds is 2. The molecular weight excluding hydrogens is 220 g/mol. The number of hydrogen-bond donors (Lipinski definition) is 0. The van der Waals surface area contributed by atoms with Crippen molar-refractivity contribution in [3.63, 3.8) is 0 Å². The molecule has 3 heteroatoms. The molecule has 0 spiro atoms. The molecule has 0 aliphatic carbocycles. The van der Waals surface area contributed by atoms with Gasteiger partial charge in [0.25, 0.3) is 0 Å². The molecule has 0 saturated heterocycles. The van der Waals surface area contributed by atoms with E-state index >= 15 is 0 Å². The van der Waals surface area contributed by atoms with Gasteiger partial charge in [-0.3, -0.25) is 0 Å². The van der Waals surface area contributed by atoms with E-state index in [0.29, 0.717) is 5.88 Å². The third-order valence-electron chi connectivity index (χ3n) is 2.73. The predicted octanol–water partition coefficient (Wildman–Crippen LogP) is 3.54. The van der Waals surface area contributed by atoms with Gasteiger partial charge in [0.2, 0.25) is 0 Å². The van der Waals surface area contributed by atoms with Crippen molar-refractivity contribution < 1.29 is 0 Å². The Morgan fingerprint density at radius 1 is 1.19 bits per heavy atom. The van der Waals surface area contributed by atoms with E-state index in [9.17, 15) is 0 Å². The number of hydrogen-bond acceptors (Lipinski definition) is 1. The van der Waals surface area contributed by atoms with Crippen LogP contribution in [0.3, 0.4) is 0 Å². The van der Waals surface area contributed by atoms with Gasteiger partial charge < -0.3 is 0 Å². The average Bonchev–Trinajstić information content (AvgIpc) is 2.60. The van der Waals surface area contributed by atoms with Gasteiger partial charge in [0.15, 0.2) is 0 Å². The minimum Gasteiger partial charge on any atom is -0.237 e. The topological polar surface area (TPSA) is 17.8 Å². The van der Waals surface area contributed by atoms with Crippen LogP contribution in [0.5, 0.6) is 0 Å². The largest absolute Gasteiger partial charge is 0.237 e. The molecule has 1 aromatic heterocycles.